The van der Waals surface area contributed by atoms with E-state index in [9.17, 15) is 19.2 Å². The summed E-state index contributed by atoms with van der Waals surface area (Å²) in [6.07, 6.45) is 1.77. The van der Waals surface area contributed by atoms with Crippen LogP contribution >= 0.6 is 0 Å². The zero-order valence-corrected chi connectivity index (χ0v) is 19.3. The summed E-state index contributed by atoms with van der Waals surface area (Å²) < 4.78 is 6.93. The van der Waals surface area contributed by atoms with Crippen LogP contribution in [0, 0.1) is 0 Å². The summed E-state index contributed by atoms with van der Waals surface area (Å²) in [5.41, 5.74) is 2.36. The SMILES string of the molecule is CC(OC(=O)c1cnn(Cc2ccccc2)c1)C(=O)Nc1cccc2c1C(=O)c1ccccc1C2=O. The number of hydrogen-bond donors (Lipinski definition) is 1. The maximum absolute atomic E-state index is 13.1. The van der Waals surface area contributed by atoms with Gasteiger partial charge in [0.15, 0.2) is 17.7 Å². The van der Waals surface area contributed by atoms with Crippen LogP contribution < -0.4 is 5.32 Å². The molecule has 0 aliphatic heterocycles. The third kappa shape index (κ3) is 4.32. The molecule has 0 saturated carbocycles. The second-order valence-electron chi connectivity index (χ2n) is 8.38. The molecule has 4 aromatic rings. The molecule has 36 heavy (non-hydrogen) atoms. The number of ketones is 2. The maximum atomic E-state index is 13.1. The van der Waals surface area contributed by atoms with Gasteiger partial charge in [-0.05, 0) is 18.6 Å². The van der Waals surface area contributed by atoms with E-state index >= 15 is 0 Å². The Bertz CT molecular complexity index is 1510. The van der Waals surface area contributed by atoms with Crippen molar-refractivity contribution in [2.45, 2.75) is 19.6 Å². The fraction of sp³-hybridized carbons (Fsp3) is 0.107. The van der Waals surface area contributed by atoms with Crippen LogP contribution in [0.25, 0.3) is 0 Å². The van der Waals surface area contributed by atoms with Crippen molar-refractivity contribution in [3.05, 3.63) is 119 Å². The van der Waals surface area contributed by atoms with Gasteiger partial charge >= 0.3 is 5.97 Å². The van der Waals surface area contributed by atoms with Crippen molar-refractivity contribution in [1.29, 1.82) is 0 Å². The number of anilines is 1. The average Bonchev–Trinajstić information content (AvgIpc) is 3.36. The number of carbonyl (C=O) groups excluding carboxylic acids is 4. The Morgan fingerprint density at radius 1 is 0.889 bits per heavy atom. The highest BCUT2D eigenvalue weighted by Crippen LogP contribution is 2.32. The zero-order chi connectivity index (χ0) is 25.2. The van der Waals surface area contributed by atoms with Crippen molar-refractivity contribution in [3.63, 3.8) is 0 Å². The lowest BCUT2D eigenvalue weighted by molar-refractivity contribution is -0.123. The van der Waals surface area contributed by atoms with Crippen LogP contribution in [0.3, 0.4) is 0 Å². The minimum absolute atomic E-state index is 0.121. The largest absolute Gasteiger partial charge is 0.449 e. The number of nitrogens with one attached hydrogen (secondary N) is 1. The van der Waals surface area contributed by atoms with Crippen LogP contribution in [0.15, 0.2) is 85.2 Å². The van der Waals surface area contributed by atoms with Crippen molar-refractivity contribution in [2.75, 3.05) is 5.32 Å². The predicted molar refractivity (Wildman–Crippen MR) is 131 cm³/mol. The molecule has 1 N–H and O–H groups in total. The van der Waals surface area contributed by atoms with Crippen LogP contribution in [0.5, 0.6) is 0 Å². The average molecular weight is 479 g/mol. The van der Waals surface area contributed by atoms with Gasteiger partial charge in [0.2, 0.25) is 0 Å². The van der Waals surface area contributed by atoms with E-state index in [1.807, 2.05) is 30.3 Å². The van der Waals surface area contributed by atoms with Gasteiger partial charge < -0.3 is 10.1 Å². The Labute approximate surface area is 206 Å². The smallest absolute Gasteiger partial charge is 0.342 e. The number of nitrogens with zero attached hydrogens (tertiary/aromatic N) is 2. The molecule has 1 atom stereocenters. The van der Waals surface area contributed by atoms with Crippen molar-refractivity contribution in [1.82, 2.24) is 9.78 Å². The first-order valence-corrected chi connectivity index (χ1v) is 11.3. The molecule has 5 rings (SSSR count). The summed E-state index contributed by atoms with van der Waals surface area (Å²) in [5, 5.41) is 6.82. The molecule has 1 aromatic heterocycles. The van der Waals surface area contributed by atoms with Crippen molar-refractivity contribution in [2.24, 2.45) is 0 Å². The Morgan fingerprint density at radius 2 is 1.56 bits per heavy atom. The van der Waals surface area contributed by atoms with E-state index in [0.29, 0.717) is 12.1 Å². The summed E-state index contributed by atoms with van der Waals surface area (Å²) in [7, 11) is 0. The highest BCUT2D eigenvalue weighted by Gasteiger charge is 2.32. The molecule has 0 bridgehead atoms. The van der Waals surface area contributed by atoms with Crippen LogP contribution in [0.2, 0.25) is 0 Å². The van der Waals surface area contributed by atoms with Crippen molar-refractivity contribution >= 4 is 29.1 Å². The topological polar surface area (TPSA) is 107 Å². The molecule has 1 heterocycles. The van der Waals surface area contributed by atoms with Gasteiger partial charge in [0.25, 0.3) is 5.91 Å². The van der Waals surface area contributed by atoms with E-state index in [4.69, 9.17) is 4.74 Å². The van der Waals surface area contributed by atoms with E-state index < -0.39 is 18.0 Å². The van der Waals surface area contributed by atoms with Crippen LogP contribution in [0.4, 0.5) is 5.69 Å². The number of esters is 1. The summed E-state index contributed by atoms with van der Waals surface area (Å²) in [4.78, 5) is 51.5. The van der Waals surface area contributed by atoms with Gasteiger partial charge in [0, 0.05) is 22.9 Å². The number of fused-ring (bicyclic) bond motifs is 2. The molecule has 8 heteroatoms. The number of amides is 1. The zero-order valence-electron chi connectivity index (χ0n) is 19.3. The lowest BCUT2D eigenvalue weighted by atomic mass is 9.83. The number of benzene rings is 3. The van der Waals surface area contributed by atoms with Gasteiger partial charge in [-0.15, -0.1) is 0 Å². The molecule has 0 fully saturated rings. The molecule has 3 aromatic carbocycles. The van der Waals surface area contributed by atoms with E-state index in [2.05, 4.69) is 10.4 Å². The van der Waals surface area contributed by atoms with E-state index in [1.54, 1.807) is 47.3 Å². The summed E-state index contributed by atoms with van der Waals surface area (Å²) in [6, 6.07) is 20.9. The van der Waals surface area contributed by atoms with Gasteiger partial charge in [-0.2, -0.15) is 5.10 Å². The highest BCUT2D eigenvalue weighted by molar-refractivity contribution is 6.30. The second-order valence-corrected chi connectivity index (χ2v) is 8.38. The van der Waals surface area contributed by atoms with Crippen molar-refractivity contribution < 1.29 is 23.9 Å². The molecule has 1 unspecified atom stereocenters. The molecule has 8 nitrogen and oxygen atoms in total. The number of hydrogen-bond acceptors (Lipinski definition) is 6. The number of carbonyl (C=O) groups is 4. The standard InChI is InChI=1S/C28H21N3O5/c1-17(36-28(35)19-14-29-31(16-19)15-18-8-3-2-4-9-18)27(34)30-23-13-7-12-22-24(23)26(33)21-11-6-5-10-20(21)25(22)32/h2-14,16-17H,15H2,1H3,(H,30,34). The third-order valence-corrected chi connectivity index (χ3v) is 5.92. The van der Waals surface area contributed by atoms with Crippen molar-refractivity contribution in [3.8, 4) is 0 Å². The monoisotopic (exact) mass is 479 g/mol. The van der Waals surface area contributed by atoms with Crippen LogP contribution in [-0.2, 0) is 16.1 Å². The van der Waals surface area contributed by atoms with Gasteiger partial charge in [-0.1, -0.05) is 66.7 Å². The van der Waals surface area contributed by atoms with Gasteiger partial charge in [-0.25, -0.2) is 4.79 Å². The Kier molecular flexibility index (Phi) is 6.00. The Balaban J connectivity index is 1.28. The fourth-order valence-corrected chi connectivity index (χ4v) is 4.09. The highest BCUT2D eigenvalue weighted by atomic mass is 16.5. The Hall–Kier alpha value is -4.85. The Morgan fingerprint density at radius 3 is 2.31 bits per heavy atom. The first kappa shape index (κ1) is 22.9. The lowest BCUT2D eigenvalue weighted by Gasteiger charge is -2.21. The minimum Gasteiger partial charge on any atom is -0.449 e. The molecule has 0 radical (unpaired) electrons. The van der Waals surface area contributed by atoms with E-state index in [-0.39, 0.29) is 39.5 Å². The molecule has 1 aliphatic rings. The van der Waals surface area contributed by atoms with Crippen LogP contribution in [-0.4, -0.2) is 39.3 Å². The molecule has 1 aliphatic carbocycles. The molecular formula is C28H21N3O5. The predicted octanol–water partition coefficient (Wildman–Crippen LogP) is 3.89. The lowest BCUT2D eigenvalue weighted by Crippen LogP contribution is -2.31. The normalized spacial score (nSPS) is 12.9. The number of ether oxygens (including phenoxy) is 1. The number of aromatic nitrogens is 2. The van der Waals surface area contributed by atoms with Gasteiger partial charge in [0.05, 0.1) is 29.6 Å². The van der Waals surface area contributed by atoms with Crippen LogP contribution in [0.1, 0.15) is 54.7 Å². The fourth-order valence-electron chi connectivity index (χ4n) is 4.09. The van der Waals surface area contributed by atoms with Gasteiger partial charge in [-0.3, -0.25) is 19.1 Å². The molecule has 0 saturated heterocycles. The molecule has 0 spiro atoms. The van der Waals surface area contributed by atoms with Gasteiger partial charge in [0.1, 0.15) is 0 Å². The summed E-state index contributed by atoms with van der Waals surface area (Å²) >= 11 is 0. The first-order valence-electron chi connectivity index (χ1n) is 11.3. The number of rotatable bonds is 6. The summed E-state index contributed by atoms with van der Waals surface area (Å²) in [5.74, 6) is -1.98. The second kappa shape index (κ2) is 9.42. The first-order chi connectivity index (χ1) is 17.4. The minimum atomic E-state index is -1.16. The van der Waals surface area contributed by atoms with E-state index in [0.717, 1.165) is 5.56 Å². The summed E-state index contributed by atoms with van der Waals surface area (Å²) in [6.45, 7) is 1.92. The third-order valence-electron chi connectivity index (χ3n) is 5.92. The molecular weight excluding hydrogens is 458 g/mol. The quantitative estimate of drug-likeness (QED) is 0.370. The maximum Gasteiger partial charge on any atom is 0.342 e. The molecule has 1 amide bonds. The molecule has 178 valence electrons. The van der Waals surface area contributed by atoms with E-state index in [1.165, 1.54) is 19.2 Å².